The van der Waals surface area contributed by atoms with Gasteiger partial charge < -0.3 is 24.5 Å². The molecule has 0 aliphatic rings. The van der Waals surface area contributed by atoms with Crippen LogP contribution in [0.4, 0.5) is 5.69 Å². The van der Waals surface area contributed by atoms with Gasteiger partial charge in [-0.15, -0.1) is 0 Å². The van der Waals surface area contributed by atoms with Crippen molar-refractivity contribution < 1.29 is 19.4 Å². The van der Waals surface area contributed by atoms with Gasteiger partial charge in [0, 0.05) is 33.8 Å². The lowest BCUT2D eigenvalue weighted by Crippen LogP contribution is -2.36. The monoisotopic (exact) mass is 444 g/mol. The number of benzene rings is 3. The number of carbonyl (C=O) groups excluding carboxylic acids is 1. The van der Waals surface area contributed by atoms with Gasteiger partial charge in [0.05, 0.1) is 27.4 Å². The number of H-pyrrole nitrogens is 1. The number of aromatic amines is 1. The summed E-state index contributed by atoms with van der Waals surface area (Å²) in [5, 5.41) is 10.7. The van der Waals surface area contributed by atoms with Crippen molar-refractivity contribution in [1.29, 1.82) is 0 Å². The van der Waals surface area contributed by atoms with Crippen molar-refractivity contribution in [2.75, 3.05) is 19.1 Å². The zero-order chi connectivity index (χ0) is 23.4. The highest BCUT2D eigenvalue weighted by Crippen LogP contribution is 2.29. The van der Waals surface area contributed by atoms with E-state index in [-0.39, 0.29) is 12.1 Å². The predicted octanol–water partition coefficient (Wildman–Crippen LogP) is 3.88. The number of methoxy groups -OCH3 is 2. The van der Waals surface area contributed by atoms with Gasteiger partial charge in [-0.2, -0.15) is 0 Å². The van der Waals surface area contributed by atoms with Crippen LogP contribution in [0.1, 0.15) is 21.5 Å². The number of carbonyl (C=O) groups is 1. The fraction of sp³-hybridized carbons (Fsp3) is 0.154. The Balaban J connectivity index is 1.86. The van der Waals surface area contributed by atoms with Gasteiger partial charge in [0.25, 0.3) is 11.5 Å². The number of nitrogens with zero attached hydrogens (tertiary/aromatic N) is 1. The molecule has 1 aromatic heterocycles. The SMILES string of the molecule is COc1ccc(CN(C(=O)c2c(CO)c3ccccc3[nH]c2=O)c2ccccc2)c(OC)c1. The number of fused-ring (bicyclic) bond motifs is 1. The van der Waals surface area contributed by atoms with Crippen LogP contribution in [-0.2, 0) is 13.2 Å². The second-order valence-electron chi connectivity index (χ2n) is 7.42. The Morgan fingerprint density at radius 1 is 0.970 bits per heavy atom. The Labute approximate surface area is 190 Å². The third kappa shape index (κ3) is 4.31. The lowest BCUT2D eigenvalue weighted by Gasteiger charge is -2.25. The molecule has 0 aliphatic carbocycles. The number of anilines is 1. The zero-order valence-corrected chi connectivity index (χ0v) is 18.4. The van der Waals surface area contributed by atoms with E-state index >= 15 is 0 Å². The smallest absolute Gasteiger partial charge is 0.264 e. The molecule has 7 nitrogen and oxygen atoms in total. The van der Waals surface area contributed by atoms with E-state index in [1.807, 2.05) is 24.3 Å². The summed E-state index contributed by atoms with van der Waals surface area (Å²) in [6.45, 7) is -0.298. The molecule has 0 saturated heterocycles. The highest BCUT2D eigenvalue weighted by Gasteiger charge is 2.26. The van der Waals surface area contributed by atoms with E-state index in [2.05, 4.69) is 4.98 Å². The molecule has 0 saturated carbocycles. The number of amides is 1. The third-order valence-corrected chi connectivity index (χ3v) is 5.54. The molecule has 7 heteroatoms. The highest BCUT2D eigenvalue weighted by molar-refractivity contribution is 6.09. The molecule has 0 spiro atoms. The standard InChI is InChI=1S/C26H24N2O5/c1-32-19-13-12-17(23(14-19)33-2)15-28(18-8-4-3-5-9-18)26(31)24-21(16-29)20-10-6-7-11-22(20)27-25(24)30/h3-14,29H,15-16H2,1-2H3,(H,27,30). The van der Waals surface area contributed by atoms with Gasteiger partial charge in [-0.25, -0.2) is 0 Å². The van der Waals surface area contributed by atoms with Gasteiger partial charge in [-0.1, -0.05) is 36.4 Å². The van der Waals surface area contributed by atoms with Crippen LogP contribution in [0.3, 0.4) is 0 Å². The van der Waals surface area contributed by atoms with Crippen LogP contribution < -0.4 is 19.9 Å². The van der Waals surface area contributed by atoms with E-state index in [0.29, 0.717) is 33.7 Å². The van der Waals surface area contributed by atoms with E-state index in [9.17, 15) is 14.7 Å². The van der Waals surface area contributed by atoms with Crippen LogP contribution >= 0.6 is 0 Å². The average Bonchev–Trinajstić information content (AvgIpc) is 2.86. The minimum Gasteiger partial charge on any atom is -0.497 e. The second-order valence-corrected chi connectivity index (χ2v) is 7.42. The summed E-state index contributed by atoms with van der Waals surface area (Å²) in [4.78, 5) is 31.1. The quantitative estimate of drug-likeness (QED) is 0.451. The summed E-state index contributed by atoms with van der Waals surface area (Å²) in [5.41, 5.74) is 1.56. The summed E-state index contributed by atoms with van der Waals surface area (Å²) >= 11 is 0. The Hall–Kier alpha value is -4.10. The van der Waals surface area contributed by atoms with Crippen LogP contribution in [0.2, 0.25) is 0 Å². The molecule has 0 radical (unpaired) electrons. The number of nitrogens with one attached hydrogen (secondary N) is 1. The van der Waals surface area contributed by atoms with Crippen molar-refractivity contribution in [1.82, 2.24) is 4.98 Å². The number of hydrogen-bond donors (Lipinski definition) is 2. The predicted molar refractivity (Wildman–Crippen MR) is 127 cm³/mol. The van der Waals surface area contributed by atoms with Crippen LogP contribution in [0.15, 0.2) is 77.6 Å². The number of pyridine rings is 1. The number of ether oxygens (including phenoxy) is 2. The molecule has 0 unspecified atom stereocenters. The third-order valence-electron chi connectivity index (χ3n) is 5.54. The van der Waals surface area contributed by atoms with E-state index in [1.165, 1.54) is 4.90 Å². The topological polar surface area (TPSA) is 91.9 Å². The van der Waals surface area contributed by atoms with E-state index in [1.54, 1.807) is 62.8 Å². The molecule has 4 rings (SSSR count). The summed E-state index contributed by atoms with van der Waals surface area (Å²) in [6.07, 6.45) is 0. The molecule has 168 valence electrons. The van der Waals surface area contributed by atoms with Gasteiger partial charge >= 0.3 is 0 Å². The molecule has 0 aliphatic heterocycles. The van der Waals surface area contributed by atoms with Crippen LogP contribution in [-0.4, -0.2) is 30.2 Å². The molecule has 2 N–H and O–H groups in total. The van der Waals surface area contributed by atoms with Gasteiger partial charge in [0.15, 0.2) is 0 Å². The summed E-state index contributed by atoms with van der Waals surface area (Å²) < 4.78 is 10.8. The largest absolute Gasteiger partial charge is 0.497 e. The first-order valence-electron chi connectivity index (χ1n) is 10.4. The fourth-order valence-corrected chi connectivity index (χ4v) is 3.88. The summed E-state index contributed by atoms with van der Waals surface area (Å²) in [7, 11) is 3.11. The Morgan fingerprint density at radius 3 is 2.39 bits per heavy atom. The van der Waals surface area contributed by atoms with E-state index < -0.39 is 18.1 Å². The maximum atomic E-state index is 13.8. The lowest BCUT2D eigenvalue weighted by molar-refractivity contribution is 0.0980. The molecular weight excluding hydrogens is 420 g/mol. The first-order valence-corrected chi connectivity index (χ1v) is 10.4. The maximum Gasteiger partial charge on any atom is 0.264 e. The van der Waals surface area contributed by atoms with Gasteiger partial charge in [0.2, 0.25) is 0 Å². The molecule has 0 fully saturated rings. The molecule has 1 amide bonds. The number of rotatable bonds is 7. The minimum absolute atomic E-state index is 0.0902. The van der Waals surface area contributed by atoms with Crippen molar-refractivity contribution in [3.63, 3.8) is 0 Å². The number of hydrogen-bond acceptors (Lipinski definition) is 5. The number of aliphatic hydroxyl groups is 1. The Morgan fingerprint density at radius 2 is 1.70 bits per heavy atom. The van der Waals surface area contributed by atoms with Gasteiger partial charge in [0.1, 0.15) is 17.1 Å². The minimum atomic E-state index is -0.551. The zero-order valence-electron chi connectivity index (χ0n) is 18.4. The molecule has 0 bridgehead atoms. The number of aromatic nitrogens is 1. The first kappa shape index (κ1) is 22.1. The molecular formula is C26H24N2O5. The number of para-hydroxylation sites is 2. The summed E-state index contributed by atoms with van der Waals surface area (Å²) in [6, 6.07) is 21.5. The molecule has 4 aromatic rings. The lowest BCUT2D eigenvalue weighted by atomic mass is 10.0. The Bertz CT molecular complexity index is 1350. The van der Waals surface area contributed by atoms with E-state index in [4.69, 9.17) is 9.47 Å². The summed E-state index contributed by atoms with van der Waals surface area (Å²) in [5.74, 6) is 0.662. The Kier molecular flexibility index (Phi) is 6.42. The van der Waals surface area contributed by atoms with Gasteiger partial charge in [-0.05, 0) is 30.3 Å². The highest BCUT2D eigenvalue weighted by atomic mass is 16.5. The molecule has 0 atom stereocenters. The van der Waals surface area contributed by atoms with Crippen molar-refractivity contribution in [2.24, 2.45) is 0 Å². The average molecular weight is 444 g/mol. The molecule has 1 heterocycles. The normalized spacial score (nSPS) is 10.8. The maximum absolute atomic E-state index is 13.8. The first-order chi connectivity index (χ1) is 16.1. The van der Waals surface area contributed by atoms with Crippen LogP contribution in [0.5, 0.6) is 11.5 Å². The second kappa shape index (κ2) is 9.58. The van der Waals surface area contributed by atoms with Crippen LogP contribution in [0, 0.1) is 0 Å². The van der Waals surface area contributed by atoms with Crippen molar-refractivity contribution >= 4 is 22.5 Å². The van der Waals surface area contributed by atoms with Gasteiger partial charge in [-0.3, -0.25) is 9.59 Å². The van der Waals surface area contributed by atoms with Crippen molar-refractivity contribution in [2.45, 2.75) is 13.2 Å². The van der Waals surface area contributed by atoms with Crippen LogP contribution in [0.25, 0.3) is 10.9 Å². The fourth-order valence-electron chi connectivity index (χ4n) is 3.88. The molecule has 3 aromatic carbocycles. The number of aliphatic hydroxyl groups excluding tert-OH is 1. The van der Waals surface area contributed by atoms with E-state index in [0.717, 1.165) is 5.56 Å². The van der Waals surface area contributed by atoms with Crippen molar-refractivity contribution in [3.05, 3.63) is 99.8 Å². The van der Waals surface area contributed by atoms with Crippen molar-refractivity contribution in [3.8, 4) is 11.5 Å². The molecule has 33 heavy (non-hydrogen) atoms.